The first-order valence-corrected chi connectivity index (χ1v) is 11.0. The first-order valence-electron chi connectivity index (χ1n) is 10.6. The van der Waals surface area contributed by atoms with Crippen molar-refractivity contribution in [3.05, 3.63) is 59.1 Å². The van der Waals surface area contributed by atoms with Crippen LogP contribution in [0, 0.1) is 0 Å². The highest BCUT2D eigenvalue weighted by Gasteiger charge is 2.26. The topological polar surface area (TPSA) is 88.8 Å². The summed E-state index contributed by atoms with van der Waals surface area (Å²) in [5, 5.41) is 1.34. The van der Waals surface area contributed by atoms with E-state index >= 15 is 0 Å². The van der Waals surface area contributed by atoms with Crippen molar-refractivity contribution in [1.29, 1.82) is 0 Å². The third kappa shape index (κ3) is 4.62. The Morgan fingerprint density at radius 2 is 1.81 bits per heavy atom. The molecule has 0 atom stereocenters. The zero-order chi connectivity index (χ0) is 22.7. The predicted octanol–water partition coefficient (Wildman–Crippen LogP) is 4.44. The molecule has 32 heavy (non-hydrogen) atoms. The fraction of sp³-hybridized carbons (Fsp3) is 0.292. The Morgan fingerprint density at radius 3 is 2.53 bits per heavy atom. The standard InChI is InChI=1S/C24H25ClN4O3/c1-2-12-32-24(31)29-10-8-28(9-11-29)23(30)17-6-7-19-20(25)15-21(27-22(19)14-17)16-4-3-5-18(26)13-16/h3-7,13-15H,2,8-12,26H2,1H3. The number of amides is 2. The van der Waals surface area contributed by atoms with Crippen LogP contribution in [0.15, 0.2) is 48.5 Å². The van der Waals surface area contributed by atoms with E-state index in [-0.39, 0.29) is 12.0 Å². The van der Waals surface area contributed by atoms with E-state index in [0.717, 1.165) is 17.4 Å². The molecule has 1 aliphatic heterocycles. The van der Waals surface area contributed by atoms with Crippen LogP contribution >= 0.6 is 11.6 Å². The van der Waals surface area contributed by atoms with Gasteiger partial charge in [0.25, 0.3) is 5.91 Å². The molecule has 2 heterocycles. The second-order valence-electron chi connectivity index (χ2n) is 7.74. The van der Waals surface area contributed by atoms with Crippen molar-refractivity contribution in [2.75, 3.05) is 38.5 Å². The monoisotopic (exact) mass is 452 g/mol. The number of nitrogens with zero attached hydrogens (tertiary/aromatic N) is 3. The van der Waals surface area contributed by atoms with Crippen LogP contribution in [0.2, 0.25) is 5.02 Å². The molecule has 1 aliphatic rings. The van der Waals surface area contributed by atoms with Crippen molar-refractivity contribution in [2.45, 2.75) is 13.3 Å². The number of ether oxygens (including phenoxy) is 1. The van der Waals surface area contributed by atoms with Crippen LogP contribution < -0.4 is 5.73 Å². The quantitative estimate of drug-likeness (QED) is 0.591. The van der Waals surface area contributed by atoms with E-state index in [2.05, 4.69) is 0 Å². The molecule has 3 aromatic rings. The summed E-state index contributed by atoms with van der Waals surface area (Å²) in [5.74, 6) is -0.0965. The van der Waals surface area contributed by atoms with Crippen LogP contribution in [0.4, 0.5) is 10.5 Å². The molecule has 0 bridgehead atoms. The summed E-state index contributed by atoms with van der Waals surface area (Å²) in [6.45, 7) is 4.16. The van der Waals surface area contributed by atoms with Crippen molar-refractivity contribution in [3.63, 3.8) is 0 Å². The number of hydrogen-bond acceptors (Lipinski definition) is 5. The molecular formula is C24H25ClN4O3. The van der Waals surface area contributed by atoms with Crippen molar-refractivity contribution in [2.24, 2.45) is 0 Å². The number of aromatic nitrogens is 1. The molecule has 0 spiro atoms. The van der Waals surface area contributed by atoms with Crippen LogP contribution in [0.1, 0.15) is 23.7 Å². The van der Waals surface area contributed by atoms with Gasteiger partial charge in [0.2, 0.25) is 0 Å². The van der Waals surface area contributed by atoms with Gasteiger partial charge in [0.05, 0.1) is 22.8 Å². The van der Waals surface area contributed by atoms with E-state index in [9.17, 15) is 9.59 Å². The largest absolute Gasteiger partial charge is 0.449 e. The maximum absolute atomic E-state index is 13.1. The molecule has 0 aliphatic carbocycles. The van der Waals surface area contributed by atoms with E-state index in [0.29, 0.717) is 60.3 Å². The SMILES string of the molecule is CCCOC(=O)N1CCN(C(=O)c2ccc3c(Cl)cc(-c4cccc(N)c4)nc3c2)CC1. The number of hydrogen-bond donors (Lipinski definition) is 1. The van der Waals surface area contributed by atoms with Crippen LogP contribution in [-0.4, -0.2) is 59.6 Å². The predicted molar refractivity (Wildman–Crippen MR) is 126 cm³/mol. The Balaban J connectivity index is 1.53. The van der Waals surface area contributed by atoms with E-state index in [1.165, 1.54) is 0 Å². The molecule has 0 unspecified atom stereocenters. The van der Waals surface area contributed by atoms with Gasteiger partial charge in [-0.3, -0.25) is 4.79 Å². The van der Waals surface area contributed by atoms with Gasteiger partial charge in [-0.1, -0.05) is 36.7 Å². The number of carbonyl (C=O) groups excluding carboxylic acids is 2. The van der Waals surface area contributed by atoms with Crippen LogP contribution in [0.25, 0.3) is 22.2 Å². The molecule has 2 amide bonds. The molecule has 166 valence electrons. The number of benzene rings is 2. The Bertz CT molecular complexity index is 1160. The fourth-order valence-electron chi connectivity index (χ4n) is 3.72. The molecule has 0 radical (unpaired) electrons. The zero-order valence-corrected chi connectivity index (χ0v) is 18.6. The lowest BCUT2D eigenvalue weighted by Gasteiger charge is -2.34. The molecule has 7 nitrogen and oxygen atoms in total. The summed E-state index contributed by atoms with van der Waals surface area (Å²) in [5.41, 5.74) is 9.27. The second kappa shape index (κ2) is 9.44. The molecule has 2 N–H and O–H groups in total. The summed E-state index contributed by atoms with van der Waals surface area (Å²) < 4.78 is 5.18. The molecule has 8 heteroatoms. The number of anilines is 1. The first-order chi connectivity index (χ1) is 15.5. The Hall–Kier alpha value is -3.32. The first kappa shape index (κ1) is 21.9. The van der Waals surface area contributed by atoms with Gasteiger partial charge in [-0.25, -0.2) is 9.78 Å². The third-order valence-corrected chi connectivity index (χ3v) is 5.76. The molecule has 4 rings (SSSR count). The maximum Gasteiger partial charge on any atom is 0.409 e. The molecule has 1 saturated heterocycles. The van der Waals surface area contributed by atoms with Crippen molar-refractivity contribution < 1.29 is 14.3 Å². The lowest BCUT2D eigenvalue weighted by Crippen LogP contribution is -2.50. The Morgan fingerprint density at radius 1 is 1.06 bits per heavy atom. The second-order valence-corrected chi connectivity index (χ2v) is 8.15. The minimum absolute atomic E-state index is 0.0965. The average molecular weight is 453 g/mol. The zero-order valence-electron chi connectivity index (χ0n) is 17.9. The minimum atomic E-state index is -0.322. The van der Waals surface area contributed by atoms with Crippen LogP contribution in [-0.2, 0) is 4.74 Å². The van der Waals surface area contributed by atoms with Gasteiger partial charge in [-0.05, 0) is 36.8 Å². The van der Waals surface area contributed by atoms with Gasteiger partial charge in [0.15, 0.2) is 0 Å². The van der Waals surface area contributed by atoms with Crippen molar-refractivity contribution in [3.8, 4) is 11.3 Å². The number of halogens is 1. The van der Waals surface area contributed by atoms with Crippen LogP contribution in [0.3, 0.4) is 0 Å². The lowest BCUT2D eigenvalue weighted by atomic mass is 10.1. The fourth-order valence-corrected chi connectivity index (χ4v) is 3.98. The highest BCUT2D eigenvalue weighted by molar-refractivity contribution is 6.35. The smallest absolute Gasteiger partial charge is 0.409 e. The number of piperazine rings is 1. The average Bonchev–Trinajstić information content (AvgIpc) is 2.81. The number of nitrogen functional groups attached to an aromatic ring is 1. The van der Waals surface area contributed by atoms with Gasteiger partial charge in [-0.15, -0.1) is 0 Å². The van der Waals surface area contributed by atoms with E-state index < -0.39 is 0 Å². The Labute approximate surface area is 191 Å². The third-order valence-electron chi connectivity index (χ3n) is 5.44. The van der Waals surface area contributed by atoms with Gasteiger partial charge in [0, 0.05) is 48.4 Å². The van der Waals surface area contributed by atoms with Crippen molar-refractivity contribution in [1.82, 2.24) is 14.8 Å². The number of carbonyl (C=O) groups is 2. The maximum atomic E-state index is 13.1. The highest BCUT2D eigenvalue weighted by Crippen LogP contribution is 2.29. The Kier molecular flexibility index (Phi) is 6.46. The molecule has 2 aromatic carbocycles. The van der Waals surface area contributed by atoms with Crippen LogP contribution in [0.5, 0.6) is 0 Å². The molecular weight excluding hydrogens is 428 g/mol. The van der Waals surface area contributed by atoms with Gasteiger partial charge < -0.3 is 20.3 Å². The molecule has 0 saturated carbocycles. The van der Waals surface area contributed by atoms with E-state index in [1.807, 2.05) is 37.3 Å². The highest BCUT2D eigenvalue weighted by atomic mass is 35.5. The van der Waals surface area contributed by atoms with E-state index in [1.54, 1.807) is 28.0 Å². The summed E-state index contributed by atoms with van der Waals surface area (Å²) in [7, 11) is 0. The molecule has 1 aromatic heterocycles. The van der Waals surface area contributed by atoms with E-state index in [4.69, 9.17) is 27.1 Å². The number of fused-ring (bicyclic) bond motifs is 1. The minimum Gasteiger partial charge on any atom is -0.449 e. The summed E-state index contributed by atoms with van der Waals surface area (Å²) in [4.78, 5) is 33.2. The summed E-state index contributed by atoms with van der Waals surface area (Å²) in [6, 6.07) is 14.6. The number of rotatable bonds is 4. The van der Waals surface area contributed by atoms with Gasteiger partial charge in [-0.2, -0.15) is 0 Å². The van der Waals surface area contributed by atoms with Gasteiger partial charge in [0.1, 0.15) is 0 Å². The number of pyridine rings is 1. The normalized spacial score (nSPS) is 13.9. The van der Waals surface area contributed by atoms with Gasteiger partial charge >= 0.3 is 6.09 Å². The van der Waals surface area contributed by atoms with Crippen molar-refractivity contribution >= 4 is 40.2 Å². The molecule has 1 fully saturated rings. The summed E-state index contributed by atoms with van der Waals surface area (Å²) >= 11 is 6.50. The number of nitrogens with two attached hydrogens (primary N) is 1. The summed E-state index contributed by atoms with van der Waals surface area (Å²) in [6.07, 6.45) is 0.460. The lowest BCUT2D eigenvalue weighted by molar-refractivity contribution is 0.0560.